The molecular formula is C27H26BrF3N2O3. The van der Waals surface area contributed by atoms with E-state index >= 15 is 0 Å². The number of aromatic nitrogens is 1. The second kappa shape index (κ2) is 9.41. The van der Waals surface area contributed by atoms with Gasteiger partial charge in [0.25, 0.3) is 0 Å². The molecule has 6 rings (SSSR count). The van der Waals surface area contributed by atoms with Crippen LogP contribution in [0.1, 0.15) is 55.8 Å². The standard InChI is InChI=1S/C27H26BrF3N2O3/c28-17-7-9-18(10-8-17)33-19-11-12-20(33)14-21(13-19)34-15-23-25(32-36-26(23)16-5-6-16)22-3-1-2-4-24(22)35-27(29,30)31/h1-4,7-10,16,19-21H,5-6,11-15H2. The van der Waals surface area contributed by atoms with Crippen molar-refractivity contribution in [2.45, 2.75) is 75.6 Å². The van der Waals surface area contributed by atoms with Crippen molar-refractivity contribution in [1.29, 1.82) is 0 Å². The molecule has 1 saturated carbocycles. The van der Waals surface area contributed by atoms with Crippen molar-refractivity contribution < 1.29 is 27.2 Å². The largest absolute Gasteiger partial charge is 0.573 e. The highest BCUT2D eigenvalue weighted by atomic mass is 79.9. The molecular weight excluding hydrogens is 537 g/mol. The van der Waals surface area contributed by atoms with Gasteiger partial charge in [-0.2, -0.15) is 0 Å². The normalized spacial score (nSPS) is 23.8. The molecule has 2 unspecified atom stereocenters. The summed E-state index contributed by atoms with van der Waals surface area (Å²) >= 11 is 3.51. The Bertz CT molecular complexity index is 1210. The van der Waals surface area contributed by atoms with Crippen LogP contribution >= 0.6 is 15.9 Å². The second-order valence-corrected chi connectivity index (χ2v) is 10.8. The van der Waals surface area contributed by atoms with Crippen LogP contribution in [0.2, 0.25) is 0 Å². The van der Waals surface area contributed by atoms with Crippen molar-refractivity contribution >= 4 is 21.6 Å². The van der Waals surface area contributed by atoms with E-state index in [2.05, 4.69) is 55.0 Å². The summed E-state index contributed by atoms with van der Waals surface area (Å²) < 4.78 is 56.5. The molecule has 3 aliphatic rings. The molecule has 9 heteroatoms. The van der Waals surface area contributed by atoms with Crippen molar-refractivity contribution in [2.24, 2.45) is 0 Å². The lowest BCUT2D eigenvalue weighted by atomic mass is 9.98. The first kappa shape index (κ1) is 23.9. The molecule has 1 aromatic heterocycles. The number of alkyl halides is 3. The molecule has 1 aliphatic carbocycles. The quantitative estimate of drug-likeness (QED) is 0.296. The Morgan fingerprint density at radius 3 is 2.33 bits per heavy atom. The first-order valence-corrected chi connectivity index (χ1v) is 13.1. The predicted octanol–water partition coefficient (Wildman–Crippen LogP) is 7.60. The van der Waals surface area contributed by atoms with Gasteiger partial charge in [0, 0.05) is 39.3 Å². The Balaban J connectivity index is 1.21. The summed E-state index contributed by atoms with van der Waals surface area (Å²) in [5.41, 5.74) is 2.60. The predicted molar refractivity (Wildman–Crippen MR) is 132 cm³/mol. The van der Waals surface area contributed by atoms with Gasteiger partial charge in [-0.25, -0.2) is 0 Å². The third kappa shape index (κ3) is 4.87. The molecule has 3 heterocycles. The van der Waals surface area contributed by atoms with Gasteiger partial charge < -0.3 is 18.9 Å². The number of ether oxygens (including phenoxy) is 2. The molecule has 2 aliphatic heterocycles. The van der Waals surface area contributed by atoms with Gasteiger partial charge in [0.15, 0.2) is 0 Å². The fourth-order valence-electron chi connectivity index (χ4n) is 5.71. The van der Waals surface area contributed by atoms with E-state index in [1.54, 1.807) is 12.1 Å². The van der Waals surface area contributed by atoms with Gasteiger partial charge >= 0.3 is 6.36 Å². The van der Waals surface area contributed by atoms with Gasteiger partial charge in [-0.1, -0.05) is 33.2 Å². The van der Waals surface area contributed by atoms with Crippen LogP contribution in [0, 0.1) is 0 Å². The Hall–Kier alpha value is -2.52. The van der Waals surface area contributed by atoms with E-state index in [9.17, 15) is 13.2 Å². The fourth-order valence-corrected chi connectivity index (χ4v) is 5.98. The Morgan fingerprint density at radius 1 is 0.972 bits per heavy atom. The third-order valence-corrected chi connectivity index (χ3v) is 7.94. The highest BCUT2D eigenvalue weighted by molar-refractivity contribution is 9.10. The highest BCUT2D eigenvalue weighted by Crippen LogP contribution is 2.46. The van der Waals surface area contributed by atoms with Gasteiger partial charge in [0.1, 0.15) is 17.2 Å². The summed E-state index contributed by atoms with van der Waals surface area (Å²) in [6.07, 6.45) is 1.35. The van der Waals surface area contributed by atoms with Crippen LogP contribution in [0.5, 0.6) is 5.75 Å². The zero-order valence-electron chi connectivity index (χ0n) is 19.5. The van der Waals surface area contributed by atoms with Crippen LogP contribution in [-0.2, 0) is 11.3 Å². The summed E-state index contributed by atoms with van der Waals surface area (Å²) in [6, 6.07) is 15.4. The molecule has 190 valence electrons. The Labute approximate surface area is 215 Å². The number of piperidine rings is 1. The topological polar surface area (TPSA) is 47.7 Å². The maximum Gasteiger partial charge on any atom is 0.573 e. The van der Waals surface area contributed by atoms with Gasteiger partial charge in [-0.3, -0.25) is 0 Å². The van der Waals surface area contributed by atoms with E-state index in [0.717, 1.165) is 54.3 Å². The number of hydrogen-bond acceptors (Lipinski definition) is 5. The van der Waals surface area contributed by atoms with Crippen LogP contribution in [0.15, 0.2) is 57.5 Å². The van der Waals surface area contributed by atoms with Crippen molar-refractivity contribution in [3.8, 4) is 17.0 Å². The fraction of sp³-hybridized carbons (Fsp3) is 0.444. The average Bonchev–Trinajstić information content (AvgIpc) is 3.54. The average molecular weight is 563 g/mol. The van der Waals surface area contributed by atoms with E-state index in [-0.39, 0.29) is 29.9 Å². The second-order valence-electron chi connectivity index (χ2n) is 9.87. The van der Waals surface area contributed by atoms with E-state index < -0.39 is 6.36 Å². The molecule has 0 spiro atoms. The first-order chi connectivity index (χ1) is 17.4. The Kier molecular flexibility index (Phi) is 6.24. The van der Waals surface area contributed by atoms with Crippen molar-refractivity contribution in [1.82, 2.24) is 5.16 Å². The molecule has 0 radical (unpaired) electrons. The molecule has 3 fully saturated rings. The lowest BCUT2D eigenvalue weighted by Crippen LogP contribution is -2.45. The summed E-state index contributed by atoms with van der Waals surface area (Å²) in [4.78, 5) is 2.53. The molecule has 0 amide bonds. The Morgan fingerprint density at radius 2 is 1.67 bits per heavy atom. The zero-order valence-corrected chi connectivity index (χ0v) is 21.1. The van der Waals surface area contributed by atoms with E-state index in [4.69, 9.17) is 9.26 Å². The third-order valence-electron chi connectivity index (χ3n) is 7.41. The van der Waals surface area contributed by atoms with Crippen LogP contribution in [0.3, 0.4) is 0 Å². The lowest BCUT2D eigenvalue weighted by Gasteiger charge is -2.40. The van der Waals surface area contributed by atoms with E-state index in [0.29, 0.717) is 17.8 Å². The van der Waals surface area contributed by atoms with Gasteiger partial charge in [-0.05, 0) is 74.9 Å². The van der Waals surface area contributed by atoms with Gasteiger partial charge in [-0.15, -0.1) is 13.2 Å². The maximum atomic E-state index is 13.0. The number of fused-ring (bicyclic) bond motifs is 2. The van der Waals surface area contributed by atoms with Gasteiger partial charge in [0.2, 0.25) is 0 Å². The van der Waals surface area contributed by atoms with Crippen molar-refractivity contribution in [2.75, 3.05) is 4.90 Å². The smallest absolute Gasteiger partial charge is 0.405 e. The van der Waals surface area contributed by atoms with E-state index in [1.165, 1.54) is 17.8 Å². The zero-order chi connectivity index (χ0) is 24.9. The van der Waals surface area contributed by atoms with E-state index in [1.807, 2.05) is 0 Å². The summed E-state index contributed by atoms with van der Waals surface area (Å²) in [5, 5.41) is 4.19. The maximum absolute atomic E-state index is 13.0. The van der Waals surface area contributed by atoms with Gasteiger partial charge in [0.05, 0.1) is 12.7 Å². The molecule has 5 nitrogen and oxygen atoms in total. The summed E-state index contributed by atoms with van der Waals surface area (Å²) in [5.74, 6) is 0.681. The molecule has 2 bridgehead atoms. The molecule has 36 heavy (non-hydrogen) atoms. The number of hydrogen-bond donors (Lipinski definition) is 0. The monoisotopic (exact) mass is 562 g/mol. The molecule has 2 atom stereocenters. The summed E-state index contributed by atoms with van der Waals surface area (Å²) in [6.45, 7) is 0.257. The van der Waals surface area contributed by atoms with Crippen LogP contribution in [0.4, 0.5) is 18.9 Å². The van der Waals surface area contributed by atoms with Crippen molar-refractivity contribution in [3.63, 3.8) is 0 Å². The SMILES string of the molecule is FC(F)(F)Oc1ccccc1-c1noc(C2CC2)c1COC1CC2CCC(C1)N2c1ccc(Br)cc1. The van der Waals surface area contributed by atoms with Crippen molar-refractivity contribution in [3.05, 3.63) is 64.3 Å². The number of nitrogens with zero attached hydrogens (tertiary/aromatic N) is 2. The number of rotatable bonds is 7. The van der Waals surface area contributed by atoms with Crippen LogP contribution in [0.25, 0.3) is 11.3 Å². The van der Waals surface area contributed by atoms with Crippen LogP contribution < -0.4 is 9.64 Å². The minimum Gasteiger partial charge on any atom is -0.405 e. The minimum absolute atomic E-state index is 0.0747. The lowest BCUT2D eigenvalue weighted by molar-refractivity contribution is -0.274. The minimum atomic E-state index is -4.79. The molecule has 3 aromatic rings. The molecule has 0 N–H and O–H groups in total. The van der Waals surface area contributed by atoms with Crippen LogP contribution in [-0.4, -0.2) is 29.7 Å². The number of anilines is 1. The molecule has 2 aromatic carbocycles. The molecule has 2 saturated heterocycles. The number of halogens is 4. The number of para-hydroxylation sites is 1. The number of benzene rings is 2. The summed E-state index contributed by atoms with van der Waals surface area (Å²) in [7, 11) is 0. The first-order valence-electron chi connectivity index (χ1n) is 12.3. The highest BCUT2D eigenvalue weighted by Gasteiger charge is 2.42.